The van der Waals surface area contributed by atoms with E-state index in [1.165, 1.54) is 16.8 Å². The molecule has 0 aliphatic heterocycles. The largest absolute Gasteiger partial charge is 0.268 e. The van der Waals surface area contributed by atoms with Crippen molar-refractivity contribution in [1.29, 1.82) is 5.26 Å². The third-order valence-corrected chi connectivity index (χ3v) is 3.19. The molecule has 0 saturated heterocycles. The first kappa shape index (κ1) is 11.5. The predicted molar refractivity (Wildman–Crippen MR) is 69.7 cm³/mol. The first-order chi connectivity index (χ1) is 9.26. The summed E-state index contributed by atoms with van der Waals surface area (Å²) in [6, 6.07) is 10.3. The second-order valence-electron chi connectivity index (χ2n) is 3.91. The van der Waals surface area contributed by atoms with Crippen LogP contribution in [0.1, 0.15) is 11.3 Å². The molecule has 0 aliphatic rings. The molecular formula is C12H7N5OS. The Kier molecular flexibility index (Phi) is 2.78. The second-order valence-corrected chi connectivity index (χ2v) is 4.44. The lowest BCUT2D eigenvalue weighted by Gasteiger charge is -2.04. The van der Waals surface area contributed by atoms with E-state index in [0.29, 0.717) is 6.54 Å². The summed E-state index contributed by atoms with van der Waals surface area (Å²) in [5.41, 5.74) is 2.50. The van der Waals surface area contributed by atoms with Gasteiger partial charge in [-0.15, -0.1) is 0 Å². The van der Waals surface area contributed by atoms with E-state index < -0.39 is 0 Å². The van der Waals surface area contributed by atoms with E-state index >= 15 is 0 Å². The molecule has 0 spiro atoms. The number of fused-ring (bicyclic) bond motifs is 1. The van der Waals surface area contributed by atoms with Crippen LogP contribution in [0.5, 0.6) is 0 Å². The highest BCUT2D eigenvalue weighted by Crippen LogP contribution is 2.13. The van der Waals surface area contributed by atoms with Crippen LogP contribution in [0, 0.1) is 11.3 Å². The molecule has 3 aromatic rings. The predicted octanol–water partition coefficient (Wildman–Crippen LogP) is 1.17. The molecule has 0 amide bonds. The molecule has 2 heterocycles. The molecule has 0 atom stereocenters. The molecule has 1 aromatic carbocycles. The average Bonchev–Trinajstić information content (AvgIpc) is 2.89. The molecule has 7 heteroatoms. The molecule has 92 valence electrons. The quantitative estimate of drug-likeness (QED) is 0.697. The van der Waals surface area contributed by atoms with Crippen molar-refractivity contribution in [2.75, 3.05) is 0 Å². The zero-order chi connectivity index (χ0) is 13.2. The van der Waals surface area contributed by atoms with E-state index in [1.807, 2.05) is 24.3 Å². The number of nitriles is 1. The van der Waals surface area contributed by atoms with Gasteiger partial charge in [-0.2, -0.15) is 19.1 Å². The molecule has 0 bridgehead atoms. The van der Waals surface area contributed by atoms with Crippen LogP contribution in [0.15, 0.2) is 35.1 Å². The van der Waals surface area contributed by atoms with Crippen molar-refractivity contribution in [1.82, 2.24) is 18.5 Å². The van der Waals surface area contributed by atoms with E-state index in [-0.39, 0.29) is 11.3 Å². The lowest BCUT2D eigenvalue weighted by molar-refractivity contribution is 0.635. The number of benzene rings is 1. The van der Waals surface area contributed by atoms with Crippen molar-refractivity contribution < 1.29 is 0 Å². The fourth-order valence-corrected chi connectivity index (χ4v) is 2.24. The minimum Gasteiger partial charge on any atom is -0.268 e. The first-order valence-electron chi connectivity index (χ1n) is 5.46. The highest BCUT2D eigenvalue weighted by atomic mass is 32.1. The lowest BCUT2D eigenvalue weighted by Crippen LogP contribution is -2.23. The molecule has 0 unspecified atom stereocenters. The lowest BCUT2D eigenvalue weighted by atomic mass is 10.2. The molecule has 0 radical (unpaired) electrons. The van der Waals surface area contributed by atoms with Crippen molar-refractivity contribution in [3.05, 3.63) is 51.9 Å². The number of rotatable bonds is 2. The van der Waals surface area contributed by atoms with Gasteiger partial charge in [-0.25, -0.2) is 4.68 Å². The van der Waals surface area contributed by atoms with Crippen LogP contribution in [-0.4, -0.2) is 18.5 Å². The van der Waals surface area contributed by atoms with Gasteiger partial charge in [-0.3, -0.25) is 4.79 Å². The highest BCUT2D eigenvalue weighted by Gasteiger charge is 2.04. The van der Waals surface area contributed by atoms with Crippen molar-refractivity contribution in [2.45, 2.75) is 6.54 Å². The Morgan fingerprint density at radius 3 is 2.89 bits per heavy atom. The van der Waals surface area contributed by atoms with Crippen molar-refractivity contribution in [3.63, 3.8) is 0 Å². The molecule has 2 aromatic heterocycles. The zero-order valence-corrected chi connectivity index (χ0v) is 10.5. The van der Waals surface area contributed by atoms with Gasteiger partial charge in [0.15, 0.2) is 5.69 Å². The van der Waals surface area contributed by atoms with Crippen molar-refractivity contribution >= 4 is 22.8 Å². The standard InChI is InChI=1S/C12H7N5OS/c13-6-9-2-4-12(18)17(14-9)7-8-1-3-10-11(5-8)16-19-15-10/h1-5H,7H2. The van der Waals surface area contributed by atoms with Gasteiger partial charge in [0.1, 0.15) is 17.1 Å². The van der Waals surface area contributed by atoms with E-state index in [9.17, 15) is 4.79 Å². The topological polar surface area (TPSA) is 84.5 Å². The number of nitrogens with zero attached hydrogens (tertiary/aromatic N) is 5. The van der Waals surface area contributed by atoms with Gasteiger partial charge in [-0.1, -0.05) is 6.07 Å². The van der Waals surface area contributed by atoms with Gasteiger partial charge in [-0.05, 0) is 23.8 Å². The number of hydrogen-bond donors (Lipinski definition) is 0. The summed E-state index contributed by atoms with van der Waals surface area (Å²) >= 11 is 1.15. The Bertz CT molecular complexity index is 845. The minimum atomic E-state index is -0.240. The van der Waals surface area contributed by atoms with Crippen molar-refractivity contribution in [3.8, 4) is 6.07 Å². The molecule has 6 nitrogen and oxygen atoms in total. The second kappa shape index (κ2) is 4.59. The summed E-state index contributed by atoms with van der Waals surface area (Å²) in [6.45, 7) is 0.307. The number of aromatic nitrogens is 4. The third-order valence-electron chi connectivity index (χ3n) is 2.63. The minimum absolute atomic E-state index is 0.219. The Morgan fingerprint density at radius 2 is 2.05 bits per heavy atom. The number of hydrogen-bond acceptors (Lipinski definition) is 6. The summed E-state index contributed by atoms with van der Waals surface area (Å²) in [5.74, 6) is 0. The Morgan fingerprint density at radius 1 is 1.21 bits per heavy atom. The molecule has 0 aliphatic carbocycles. The first-order valence-corrected chi connectivity index (χ1v) is 6.19. The van der Waals surface area contributed by atoms with Gasteiger partial charge in [0, 0.05) is 6.07 Å². The maximum atomic E-state index is 11.7. The molecular weight excluding hydrogens is 262 g/mol. The highest BCUT2D eigenvalue weighted by molar-refractivity contribution is 7.00. The van der Waals surface area contributed by atoms with Crippen LogP contribution in [0.25, 0.3) is 11.0 Å². The molecule has 0 saturated carbocycles. The van der Waals surface area contributed by atoms with Gasteiger partial charge < -0.3 is 0 Å². The molecule has 0 fully saturated rings. The van der Waals surface area contributed by atoms with Crippen LogP contribution >= 0.6 is 11.7 Å². The van der Waals surface area contributed by atoms with Gasteiger partial charge in [0.2, 0.25) is 0 Å². The fourth-order valence-electron chi connectivity index (χ4n) is 1.72. The smallest absolute Gasteiger partial charge is 0.267 e. The maximum absolute atomic E-state index is 11.7. The molecule has 0 N–H and O–H groups in total. The SMILES string of the molecule is N#Cc1ccc(=O)n(Cc2ccc3nsnc3c2)n1. The van der Waals surface area contributed by atoms with E-state index in [0.717, 1.165) is 28.3 Å². The summed E-state index contributed by atoms with van der Waals surface area (Å²) in [5, 5.41) is 12.8. The average molecular weight is 269 g/mol. The fraction of sp³-hybridized carbons (Fsp3) is 0.0833. The monoisotopic (exact) mass is 269 g/mol. The van der Waals surface area contributed by atoms with Gasteiger partial charge >= 0.3 is 0 Å². The summed E-state index contributed by atoms with van der Waals surface area (Å²) in [7, 11) is 0. The molecule has 19 heavy (non-hydrogen) atoms. The van der Waals surface area contributed by atoms with Gasteiger partial charge in [0.25, 0.3) is 5.56 Å². The normalized spacial score (nSPS) is 10.5. The van der Waals surface area contributed by atoms with Crippen LogP contribution in [0.3, 0.4) is 0 Å². The van der Waals surface area contributed by atoms with E-state index in [1.54, 1.807) is 0 Å². The Balaban J connectivity index is 2.00. The third kappa shape index (κ3) is 2.21. The summed E-state index contributed by atoms with van der Waals surface area (Å²) in [6.07, 6.45) is 0. The van der Waals surface area contributed by atoms with Crippen LogP contribution in [0.4, 0.5) is 0 Å². The van der Waals surface area contributed by atoms with Gasteiger partial charge in [0.05, 0.1) is 18.3 Å². The summed E-state index contributed by atoms with van der Waals surface area (Å²) < 4.78 is 9.53. The molecule has 3 rings (SSSR count). The summed E-state index contributed by atoms with van der Waals surface area (Å²) in [4.78, 5) is 11.7. The zero-order valence-electron chi connectivity index (χ0n) is 9.65. The van der Waals surface area contributed by atoms with Crippen LogP contribution < -0.4 is 5.56 Å². The van der Waals surface area contributed by atoms with Crippen LogP contribution in [-0.2, 0) is 6.54 Å². The van der Waals surface area contributed by atoms with Crippen molar-refractivity contribution in [2.24, 2.45) is 0 Å². The van der Waals surface area contributed by atoms with E-state index in [2.05, 4.69) is 13.8 Å². The maximum Gasteiger partial charge on any atom is 0.267 e. The Labute approximate surface area is 111 Å². The van der Waals surface area contributed by atoms with Crippen LogP contribution in [0.2, 0.25) is 0 Å². The Hall–Kier alpha value is -2.59. The van der Waals surface area contributed by atoms with E-state index in [4.69, 9.17) is 5.26 Å².